The van der Waals surface area contributed by atoms with Crippen LogP contribution in [-0.4, -0.2) is 12.4 Å². The van der Waals surface area contributed by atoms with E-state index < -0.39 is 6.18 Å². The lowest BCUT2D eigenvalue weighted by Gasteiger charge is -1.86. The lowest BCUT2D eigenvalue weighted by Crippen LogP contribution is -2.37. The average molecular weight is 98.0 g/mol. The maximum Gasteiger partial charge on any atom is 0.469 e. The third-order valence-electron chi connectivity index (χ3n) is 0.189. The number of hydrogen-bond donors (Lipinski definition) is 1. The maximum absolute atomic E-state index is 10.6. The van der Waals surface area contributed by atoms with Crippen molar-refractivity contribution in [2.75, 3.05) is 0 Å². The number of hydrogen-bond acceptors (Lipinski definition) is 0. The van der Waals surface area contributed by atoms with Gasteiger partial charge in [-0.05, 0) is 0 Å². The molecule has 0 saturated heterocycles. The first-order valence-corrected chi connectivity index (χ1v) is 1.19. The molecule has 0 aliphatic rings. The molecular formula is C2H3F3N+. The summed E-state index contributed by atoms with van der Waals surface area (Å²) < 4.78 is 31.8. The molecule has 0 amide bonds. The Bertz CT molecular complexity index is 54.3. The molecule has 2 N–H and O–H groups in total. The predicted octanol–water partition coefficient (Wildman–Crippen LogP) is -0.621. The van der Waals surface area contributed by atoms with Crippen molar-refractivity contribution >= 4 is 6.21 Å². The Labute approximate surface area is 32.3 Å². The van der Waals surface area contributed by atoms with Crippen molar-refractivity contribution < 1.29 is 18.6 Å². The van der Waals surface area contributed by atoms with Crippen LogP contribution in [0.2, 0.25) is 0 Å². The Kier molecular flexibility index (Phi) is 1.16. The molecule has 0 fully saturated rings. The first kappa shape index (κ1) is 5.46. The molecule has 6 heavy (non-hydrogen) atoms. The van der Waals surface area contributed by atoms with E-state index in [0.29, 0.717) is 0 Å². The van der Waals surface area contributed by atoms with E-state index >= 15 is 0 Å². The van der Waals surface area contributed by atoms with Crippen LogP contribution in [0.5, 0.6) is 0 Å². The summed E-state index contributed by atoms with van der Waals surface area (Å²) in [5.74, 6) is 0. The Morgan fingerprint density at radius 1 is 1.33 bits per heavy atom. The van der Waals surface area contributed by atoms with Gasteiger partial charge < -0.3 is 0 Å². The molecule has 4 heteroatoms. The summed E-state index contributed by atoms with van der Waals surface area (Å²) in [5.41, 5.74) is 0. The zero-order chi connectivity index (χ0) is 5.21. The predicted molar refractivity (Wildman–Crippen MR) is 14.0 cm³/mol. The fourth-order valence-corrected chi connectivity index (χ4v) is 0. The molecule has 0 spiro atoms. The molecule has 0 aliphatic carbocycles. The second-order valence-electron chi connectivity index (χ2n) is 0.708. The molecule has 0 saturated carbocycles. The van der Waals surface area contributed by atoms with Crippen molar-refractivity contribution in [2.45, 2.75) is 6.18 Å². The van der Waals surface area contributed by atoms with Gasteiger partial charge in [0, 0.05) is 0 Å². The highest BCUT2D eigenvalue weighted by Gasteiger charge is 2.26. The monoisotopic (exact) mass is 98.0 g/mol. The lowest BCUT2D eigenvalue weighted by molar-refractivity contribution is -0.156. The van der Waals surface area contributed by atoms with E-state index in [-0.39, 0.29) is 6.21 Å². The molecule has 0 aromatic heterocycles. The second-order valence-corrected chi connectivity index (χ2v) is 0.708. The molecular weight excluding hydrogens is 95.0 g/mol. The third-order valence-corrected chi connectivity index (χ3v) is 0.189. The quantitative estimate of drug-likeness (QED) is 0.391. The summed E-state index contributed by atoms with van der Waals surface area (Å²) in [6, 6.07) is 0. The van der Waals surface area contributed by atoms with Crippen LogP contribution in [0.3, 0.4) is 0 Å². The standard InChI is InChI=1S/C2H2F3N/c3-2(4,5)1-6/h1,6H/p+1. The zero-order valence-electron chi connectivity index (χ0n) is 2.79. The Balaban J connectivity index is 3.45. The van der Waals surface area contributed by atoms with E-state index in [1.165, 1.54) is 0 Å². The van der Waals surface area contributed by atoms with Gasteiger partial charge in [0.25, 0.3) is 0 Å². The molecule has 0 radical (unpaired) electrons. The number of nitrogens with two attached hydrogens (primary N) is 1. The fraction of sp³-hybridized carbons (Fsp3) is 0.500. The van der Waals surface area contributed by atoms with Crippen LogP contribution in [0.15, 0.2) is 0 Å². The zero-order valence-corrected chi connectivity index (χ0v) is 2.79. The van der Waals surface area contributed by atoms with E-state index in [1.807, 2.05) is 0 Å². The molecule has 36 valence electrons. The SMILES string of the molecule is [NH2+]=CC(F)(F)F. The number of alkyl halides is 3. The Morgan fingerprint density at radius 3 is 1.50 bits per heavy atom. The highest BCUT2D eigenvalue weighted by Crippen LogP contribution is 2.07. The maximum atomic E-state index is 10.6. The van der Waals surface area contributed by atoms with E-state index in [9.17, 15) is 13.2 Å². The molecule has 0 atom stereocenters. The van der Waals surface area contributed by atoms with Gasteiger partial charge in [0.2, 0.25) is 6.21 Å². The van der Waals surface area contributed by atoms with Crippen LogP contribution in [0.25, 0.3) is 0 Å². The van der Waals surface area contributed by atoms with Gasteiger partial charge in [-0.3, -0.25) is 5.41 Å². The van der Waals surface area contributed by atoms with Crippen LogP contribution in [0.4, 0.5) is 13.2 Å². The molecule has 0 rings (SSSR count). The van der Waals surface area contributed by atoms with E-state index in [0.717, 1.165) is 0 Å². The summed E-state index contributed by atoms with van der Waals surface area (Å²) in [4.78, 5) is 0. The molecule has 0 unspecified atom stereocenters. The van der Waals surface area contributed by atoms with Crippen molar-refractivity contribution in [1.82, 2.24) is 0 Å². The molecule has 0 bridgehead atoms. The van der Waals surface area contributed by atoms with Crippen LogP contribution in [-0.2, 0) is 0 Å². The minimum Gasteiger partial charge on any atom is -0.256 e. The van der Waals surface area contributed by atoms with Gasteiger partial charge in [0.05, 0.1) is 0 Å². The van der Waals surface area contributed by atoms with E-state index in [2.05, 4.69) is 5.41 Å². The Morgan fingerprint density at radius 2 is 1.50 bits per heavy atom. The fourth-order valence-electron chi connectivity index (χ4n) is 0. The van der Waals surface area contributed by atoms with E-state index in [4.69, 9.17) is 0 Å². The number of rotatable bonds is 0. The first-order chi connectivity index (χ1) is 2.56. The average Bonchev–Trinajstić information content (AvgIpc) is 1.35. The molecule has 0 aromatic carbocycles. The first-order valence-electron chi connectivity index (χ1n) is 1.19. The van der Waals surface area contributed by atoms with Crippen LogP contribution < -0.4 is 5.41 Å². The van der Waals surface area contributed by atoms with Gasteiger partial charge in [0.15, 0.2) is 0 Å². The number of halogens is 3. The second kappa shape index (κ2) is 1.28. The largest absolute Gasteiger partial charge is 0.469 e. The van der Waals surface area contributed by atoms with Crippen molar-refractivity contribution in [1.29, 1.82) is 0 Å². The van der Waals surface area contributed by atoms with Crippen LogP contribution in [0.1, 0.15) is 0 Å². The summed E-state index contributed by atoms with van der Waals surface area (Å²) >= 11 is 0. The highest BCUT2D eigenvalue weighted by molar-refractivity contribution is 5.56. The molecule has 1 nitrogen and oxygen atoms in total. The summed E-state index contributed by atoms with van der Waals surface area (Å²) in [6.45, 7) is 0. The van der Waals surface area contributed by atoms with Crippen molar-refractivity contribution in [3.8, 4) is 0 Å². The van der Waals surface area contributed by atoms with Crippen molar-refractivity contribution in [2.24, 2.45) is 0 Å². The van der Waals surface area contributed by atoms with Crippen LogP contribution in [0, 0.1) is 0 Å². The van der Waals surface area contributed by atoms with Gasteiger partial charge >= 0.3 is 6.18 Å². The normalized spacial score (nSPS) is 11.2. The summed E-state index contributed by atoms with van der Waals surface area (Å²) in [7, 11) is 0. The molecule has 0 aliphatic heterocycles. The molecule has 0 aromatic rings. The molecule has 0 heterocycles. The summed E-state index contributed by atoms with van der Waals surface area (Å²) in [6.07, 6.45) is -4.62. The summed E-state index contributed by atoms with van der Waals surface area (Å²) in [5, 5.41) is 4.06. The minimum absolute atomic E-state index is 0.312. The van der Waals surface area contributed by atoms with Gasteiger partial charge in [-0.1, -0.05) is 0 Å². The highest BCUT2D eigenvalue weighted by atomic mass is 19.4. The smallest absolute Gasteiger partial charge is 0.256 e. The van der Waals surface area contributed by atoms with Crippen LogP contribution >= 0.6 is 0 Å². The third kappa shape index (κ3) is 3.46. The lowest BCUT2D eigenvalue weighted by atomic mass is 10.7. The Hall–Kier alpha value is -0.540. The minimum atomic E-state index is -4.31. The van der Waals surface area contributed by atoms with Crippen molar-refractivity contribution in [3.05, 3.63) is 0 Å². The van der Waals surface area contributed by atoms with Gasteiger partial charge in [-0.2, -0.15) is 13.2 Å². The van der Waals surface area contributed by atoms with Gasteiger partial charge in [-0.25, -0.2) is 0 Å². The van der Waals surface area contributed by atoms with Crippen molar-refractivity contribution in [3.63, 3.8) is 0 Å². The van der Waals surface area contributed by atoms with E-state index in [1.54, 1.807) is 0 Å². The van der Waals surface area contributed by atoms with Gasteiger partial charge in [0.1, 0.15) is 0 Å². The van der Waals surface area contributed by atoms with Gasteiger partial charge in [-0.15, -0.1) is 0 Å². The topological polar surface area (TPSA) is 25.6 Å².